The van der Waals surface area contributed by atoms with Crippen molar-refractivity contribution < 1.29 is 14.3 Å². The highest BCUT2D eigenvalue weighted by Crippen LogP contribution is 2.32. The number of methoxy groups -OCH3 is 1. The molecule has 0 aromatic carbocycles. The number of carbonyl (C=O) groups is 1. The summed E-state index contributed by atoms with van der Waals surface area (Å²) in [5.41, 5.74) is 5.17. The molecule has 1 aliphatic carbocycles. The molecule has 5 heteroatoms. The molecule has 0 amide bonds. The largest absolute Gasteiger partial charge is 0.468 e. The van der Waals surface area contributed by atoms with Crippen LogP contribution >= 0.6 is 0 Å². The predicted molar refractivity (Wildman–Crippen MR) is 72.8 cm³/mol. The molecule has 0 radical (unpaired) electrons. The van der Waals surface area contributed by atoms with Crippen LogP contribution in [0.4, 0.5) is 0 Å². The molecule has 2 fully saturated rings. The van der Waals surface area contributed by atoms with Crippen molar-refractivity contribution >= 4 is 5.97 Å². The van der Waals surface area contributed by atoms with Crippen LogP contribution < -0.4 is 5.73 Å². The molecule has 0 aromatic rings. The quantitative estimate of drug-likeness (QED) is 0.769. The minimum atomic E-state index is -0.916. The Kier molecular flexibility index (Phi) is 4.48. The van der Waals surface area contributed by atoms with Gasteiger partial charge < -0.3 is 15.2 Å². The fourth-order valence-corrected chi connectivity index (χ4v) is 3.55. The van der Waals surface area contributed by atoms with Crippen LogP contribution in [-0.2, 0) is 14.3 Å². The lowest BCUT2D eigenvalue weighted by Gasteiger charge is -2.43. The van der Waals surface area contributed by atoms with Crippen LogP contribution in [0.1, 0.15) is 39.5 Å². The number of hydrogen-bond acceptors (Lipinski definition) is 5. The summed E-state index contributed by atoms with van der Waals surface area (Å²) in [5, 5.41) is 0. The number of hydrogen-bond donors (Lipinski definition) is 1. The van der Waals surface area contributed by atoms with E-state index in [0.717, 1.165) is 19.6 Å². The smallest absolute Gasteiger partial charge is 0.325 e. The van der Waals surface area contributed by atoms with Gasteiger partial charge in [-0.05, 0) is 39.5 Å². The standard InChI is InChI=1S/C14H26N2O3/c1-10(9-14(2,15)13(17)18-3)16-7-8-19-12-6-4-5-11(12)16/h10-12H,4-9,15H2,1-3H3. The summed E-state index contributed by atoms with van der Waals surface area (Å²) >= 11 is 0. The number of carbonyl (C=O) groups excluding carboxylic acids is 1. The Balaban J connectivity index is 1.99. The van der Waals surface area contributed by atoms with E-state index in [1.54, 1.807) is 6.92 Å². The third-order valence-corrected chi connectivity index (χ3v) is 4.46. The molecule has 0 aromatic heterocycles. The molecule has 2 rings (SSSR count). The van der Waals surface area contributed by atoms with E-state index in [1.807, 2.05) is 0 Å². The number of esters is 1. The lowest BCUT2D eigenvalue weighted by Crippen LogP contribution is -2.56. The molecule has 0 bridgehead atoms. The molecule has 1 heterocycles. The van der Waals surface area contributed by atoms with Crippen LogP contribution in [0.25, 0.3) is 0 Å². The van der Waals surface area contributed by atoms with Gasteiger partial charge in [-0.25, -0.2) is 0 Å². The first kappa shape index (κ1) is 14.8. The summed E-state index contributed by atoms with van der Waals surface area (Å²) in [5.74, 6) is -0.337. The van der Waals surface area contributed by atoms with Gasteiger partial charge in [-0.3, -0.25) is 9.69 Å². The third kappa shape index (κ3) is 3.09. The maximum atomic E-state index is 11.7. The minimum Gasteiger partial charge on any atom is -0.468 e. The van der Waals surface area contributed by atoms with Gasteiger partial charge in [0.25, 0.3) is 0 Å². The topological polar surface area (TPSA) is 64.8 Å². The Hall–Kier alpha value is -0.650. The van der Waals surface area contributed by atoms with Crippen molar-refractivity contribution in [3.05, 3.63) is 0 Å². The molecule has 1 saturated heterocycles. The lowest BCUT2D eigenvalue weighted by atomic mass is 9.92. The monoisotopic (exact) mass is 270 g/mol. The highest BCUT2D eigenvalue weighted by Gasteiger charge is 2.40. The molecule has 5 nitrogen and oxygen atoms in total. The van der Waals surface area contributed by atoms with Crippen molar-refractivity contribution in [2.75, 3.05) is 20.3 Å². The van der Waals surface area contributed by atoms with Crippen LogP contribution in [-0.4, -0.2) is 54.9 Å². The van der Waals surface area contributed by atoms with Crippen LogP contribution in [0.2, 0.25) is 0 Å². The molecule has 110 valence electrons. The zero-order valence-corrected chi connectivity index (χ0v) is 12.2. The number of morpholine rings is 1. The molecule has 1 aliphatic heterocycles. The fraction of sp³-hybridized carbons (Fsp3) is 0.929. The average molecular weight is 270 g/mol. The molecule has 0 spiro atoms. The summed E-state index contributed by atoms with van der Waals surface area (Å²) in [6, 6.07) is 0.765. The number of rotatable bonds is 4. The minimum absolute atomic E-state index is 0.267. The van der Waals surface area contributed by atoms with Crippen molar-refractivity contribution in [1.82, 2.24) is 4.90 Å². The average Bonchev–Trinajstić information content (AvgIpc) is 2.84. The number of ether oxygens (including phenoxy) is 2. The van der Waals surface area contributed by atoms with Crippen LogP contribution in [0.3, 0.4) is 0 Å². The maximum absolute atomic E-state index is 11.7. The zero-order chi connectivity index (χ0) is 14.0. The second-order valence-electron chi connectivity index (χ2n) is 6.11. The van der Waals surface area contributed by atoms with Crippen LogP contribution in [0.5, 0.6) is 0 Å². The van der Waals surface area contributed by atoms with E-state index in [9.17, 15) is 4.79 Å². The highest BCUT2D eigenvalue weighted by atomic mass is 16.5. The van der Waals surface area contributed by atoms with Crippen molar-refractivity contribution in [3.8, 4) is 0 Å². The van der Waals surface area contributed by atoms with E-state index in [4.69, 9.17) is 15.2 Å². The third-order valence-electron chi connectivity index (χ3n) is 4.46. The van der Waals surface area contributed by atoms with E-state index in [2.05, 4.69) is 11.8 Å². The molecular formula is C14H26N2O3. The van der Waals surface area contributed by atoms with Gasteiger partial charge in [0, 0.05) is 18.6 Å². The summed E-state index contributed by atoms with van der Waals surface area (Å²) in [6.45, 7) is 5.61. The predicted octanol–water partition coefficient (Wildman–Crippen LogP) is 0.909. The first-order valence-electron chi connectivity index (χ1n) is 7.20. The van der Waals surface area contributed by atoms with Crippen molar-refractivity contribution in [1.29, 1.82) is 0 Å². The normalized spacial score (nSPS) is 32.4. The number of fused-ring (bicyclic) bond motifs is 1. The van der Waals surface area contributed by atoms with E-state index >= 15 is 0 Å². The summed E-state index contributed by atoms with van der Waals surface area (Å²) in [6.07, 6.45) is 4.57. The van der Waals surface area contributed by atoms with Crippen molar-refractivity contribution in [2.45, 2.75) is 63.3 Å². The number of nitrogens with zero attached hydrogens (tertiary/aromatic N) is 1. The van der Waals surface area contributed by atoms with Gasteiger partial charge in [-0.15, -0.1) is 0 Å². The molecule has 2 aliphatic rings. The van der Waals surface area contributed by atoms with Gasteiger partial charge in [-0.1, -0.05) is 0 Å². The Bertz CT molecular complexity index is 333. The van der Waals surface area contributed by atoms with E-state index < -0.39 is 5.54 Å². The first-order chi connectivity index (χ1) is 8.95. The Morgan fingerprint density at radius 3 is 3.00 bits per heavy atom. The van der Waals surface area contributed by atoms with Crippen molar-refractivity contribution in [3.63, 3.8) is 0 Å². The highest BCUT2D eigenvalue weighted by molar-refractivity contribution is 5.79. The Labute approximate surface area is 115 Å². The van der Waals surface area contributed by atoms with Crippen LogP contribution in [0, 0.1) is 0 Å². The van der Waals surface area contributed by atoms with Gasteiger partial charge in [0.05, 0.1) is 19.8 Å². The fourth-order valence-electron chi connectivity index (χ4n) is 3.55. The summed E-state index contributed by atoms with van der Waals surface area (Å²) < 4.78 is 10.6. The van der Waals surface area contributed by atoms with E-state index in [1.165, 1.54) is 20.0 Å². The summed E-state index contributed by atoms with van der Waals surface area (Å²) in [4.78, 5) is 14.2. The second kappa shape index (κ2) is 5.77. The second-order valence-corrected chi connectivity index (χ2v) is 6.11. The molecule has 1 saturated carbocycles. The Morgan fingerprint density at radius 2 is 2.32 bits per heavy atom. The van der Waals surface area contributed by atoms with Crippen LogP contribution in [0.15, 0.2) is 0 Å². The SMILES string of the molecule is COC(=O)C(C)(N)CC(C)N1CCOC2CCCC21. The number of nitrogens with two attached hydrogens (primary N) is 1. The van der Waals surface area contributed by atoms with Gasteiger partial charge in [0.1, 0.15) is 5.54 Å². The molecule has 4 atom stereocenters. The van der Waals surface area contributed by atoms with Gasteiger partial charge in [0.15, 0.2) is 0 Å². The molecule has 4 unspecified atom stereocenters. The van der Waals surface area contributed by atoms with E-state index in [0.29, 0.717) is 18.6 Å². The lowest BCUT2D eigenvalue weighted by molar-refractivity contribution is -0.147. The van der Waals surface area contributed by atoms with Gasteiger partial charge in [0.2, 0.25) is 0 Å². The van der Waals surface area contributed by atoms with E-state index in [-0.39, 0.29) is 12.0 Å². The Morgan fingerprint density at radius 1 is 1.58 bits per heavy atom. The van der Waals surface area contributed by atoms with Gasteiger partial charge in [-0.2, -0.15) is 0 Å². The first-order valence-corrected chi connectivity index (χ1v) is 7.20. The van der Waals surface area contributed by atoms with Gasteiger partial charge >= 0.3 is 5.97 Å². The molecule has 19 heavy (non-hydrogen) atoms. The maximum Gasteiger partial charge on any atom is 0.325 e. The molecular weight excluding hydrogens is 244 g/mol. The summed E-state index contributed by atoms with van der Waals surface area (Å²) in [7, 11) is 1.39. The molecule has 2 N–H and O–H groups in total. The van der Waals surface area contributed by atoms with Crippen molar-refractivity contribution in [2.24, 2.45) is 5.73 Å². The zero-order valence-electron chi connectivity index (χ0n) is 12.2.